The van der Waals surface area contributed by atoms with Gasteiger partial charge in [0.05, 0.1) is 12.2 Å². The zero-order chi connectivity index (χ0) is 22.7. The first-order valence-corrected chi connectivity index (χ1v) is 11.8. The molecule has 1 spiro atoms. The van der Waals surface area contributed by atoms with Crippen molar-refractivity contribution in [1.29, 1.82) is 0 Å². The van der Waals surface area contributed by atoms with Crippen molar-refractivity contribution in [3.63, 3.8) is 0 Å². The van der Waals surface area contributed by atoms with Crippen LogP contribution in [0.1, 0.15) is 11.1 Å². The van der Waals surface area contributed by atoms with E-state index < -0.39 is 38.1 Å². The van der Waals surface area contributed by atoms with Crippen molar-refractivity contribution in [2.45, 2.75) is 11.4 Å². The molecule has 5 rings (SSSR count). The molecular weight excluding hydrogens is 455 g/mol. The van der Waals surface area contributed by atoms with Crippen molar-refractivity contribution in [2.24, 2.45) is 0 Å². The van der Waals surface area contributed by atoms with Crippen molar-refractivity contribution in [2.75, 3.05) is 15.6 Å². The minimum atomic E-state index is -4.27. The van der Waals surface area contributed by atoms with Crippen LogP contribution in [0.3, 0.4) is 0 Å². The van der Waals surface area contributed by atoms with Crippen molar-refractivity contribution in [1.82, 2.24) is 0 Å². The van der Waals surface area contributed by atoms with E-state index in [2.05, 4.69) is 0 Å². The van der Waals surface area contributed by atoms with Gasteiger partial charge in [-0.05, 0) is 48.0 Å². The standard InChI is InChI=1S/C23H16ClFN2O4S/c24-16-7-5-15(6-8-16)13-26-20-4-2-1-3-19(20)23(22(26)29)27(21(28)14-32(23,30)31)18-11-9-17(25)10-12-18/h1-12H,13-14H2/t23-/m0/s1. The molecule has 3 aromatic rings. The van der Waals surface area contributed by atoms with Gasteiger partial charge in [-0.25, -0.2) is 12.8 Å². The molecule has 32 heavy (non-hydrogen) atoms. The molecule has 0 unspecified atom stereocenters. The van der Waals surface area contributed by atoms with Crippen molar-refractivity contribution >= 4 is 44.6 Å². The van der Waals surface area contributed by atoms with E-state index in [0.717, 1.165) is 22.6 Å². The number of amides is 2. The second kappa shape index (κ2) is 7.15. The number of hydrogen-bond acceptors (Lipinski definition) is 4. The van der Waals surface area contributed by atoms with Gasteiger partial charge in [0.25, 0.3) is 10.8 Å². The third kappa shape index (κ3) is 2.79. The fourth-order valence-electron chi connectivity index (χ4n) is 4.41. The second-order valence-electron chi connectivity index (χ2n) is 7.64. The van der Waals surface area contributed by atoms with E-state index in [4.69, 9.17) is 11.6 Å². The van der Waals surface area contributed by atoms with Gasteiger partial charge in [0.2, 0.25) is 5.91 Å². The quantitative estimate of drug-likeness (QED) is 0.585. The lowest BCUT2D eigenvalue weighted by Gasteiger charge is -2.32. The predicted molar refractivity (Wildman–Crippen MR) is 118 cm³/mol. The highest BCUT2D eigenvalue weighted by Crippen LogP contribution is 2.52. The summed E-state index contributed by atoms with van der Waals surface area (Å²) in [4.78, 5) is 27.0. The molecule has 6 nitrogen and oxygen atoms in total. The number of anilines is 2. The molecule has 3 aromatic carbocycles. The number of halogens is 2. The fourth-order valence-corrected chi connectivity index (χ4v) is 6.57. The lowest BCUT2D eigenvalue weighted by atomic mass is 10.0. The normalized spacial score (nSPS) is 21.4. The molecule has 1 fully saturated rings. The minimum Gasteiger partial charge on any atom is -0.304 e. The predicted octanol–water partition coefficient (Wildman–Crippen LogP) is 3.64. The Bertz CT molecular complexity index is 1360. The number of para-hydroxylation sites is 1. The molecule has 0 saturated carbocycles. The van der Waals surface area contributed by atoms with Crippen molar-refractivity contribution in [3.05, 3.63) is 94.8 Å². The largest absolute Gasteiger partial charge is 0.304 e. The summed E-state index contributed by atoms with van der Waals surface area (Å²) in [5.74, 6) is -2.85. The van der Waals surface area contributed by atoms with Crippen LogP contribution in [0.25, 0.3) is 0 Å². The maximum Gasteiger partial charge on any atom is 0.274 e. The third-order valence-electron chi connectivity index (χ3n) is 5.76. The van der Waals surface area contributed by atoms with Crippen LogP contribution in [0.15, 0.2) is 72.8 Å². The lowest BCUT2D eigenvalue weighted by Crippen LogP contribution is -2.54. The summed E-state index contributed by atoms with van der Waals surface area (Å²) in [6.07, 6.45) is 0. The highest BCUT2D eigenvalue weighted by Gasteiger charge is 2.69. The summed E-state index contributed by atoms with van der Waals surface area (Å²) < 4.78 is 40.5. The fraction of sp³-hybridized carbons (Fsp3) is 0.130. The first kappa shape index (κ1) is 20.7. The topological polar surface area (TPSA) is 74.8 Å². The molecule has 162 valence electrons. The number of rotatable bonds is 3. The van der Waals surface area contributed by atoms with Gasteiger partial charge < -0.3 is 4.90 Å². The summed E-state index contributed by atoms with van der Waals surface area (Å²) in [5.41, 5.74) is 1.48. The Labute approximate surface area is 188 Å². The molecule has 1 saturated heterocycles. The Morgan fingerprint density at radius 1 is 0.938 bits per heavy atom. The van der Waals surface area contributed by atoms with E-state index in [9.17, 15) is 22.4 Å². The molecule has 0 aliphatic carbocycles. The number of carbonyl (C=O) groups excluding carboxylic acids is 2. The van der Waals surface area contributed by atoms with Crippen LogP contribution in [0, 0.1) is 5.82 Å². The van der Waals surface area contributed by atoms with Crippen molar-refractivity contribution < 1.29 is 22.4 Å². The minimum absolute atomic E-state index is 0.0930. The molecule has 0 aromatic heterocycles. The van der Waals surface area contributed by atoms with E-state index in [1.165, 1.54) is 17.0 Å². The Balaban J connectivity index is 1.72. The van der Waals surface area contributed by atoms with E-state index in [0.29, 0.717) is 10.7 Å². The molecule has 2 aliphatic rings. The van der Waals surface area contributed by atoms with Crippen LogP contribution in [0.2, 0.25) is 5.02 Å². The molecular formula is C23H16ClFN2O4S. The SMILES string of the molecule is O=C1CS(=O)(=O)[C@@]2(C(=O)N(Cc3ccc(Cl)cc3)c3ccccc32)N1c1ccc(F)cc1. The van der Waals surface area contributed by atoms with E-state index >= 15 is 0 Å². The maximum atomic E-state index is 13.9. The Morgan fingerprint density at radius 3 is 2.28 bits per heavy atom. The second-order valence-corrected chi connectivity index (χ2v) is 10.2. The number of hydrogen-bond donors (Lipinski definition) is 0. The van der Waals surface area contributed by atoms with Crippen LogP contribution < -0.4 is 9.80 Å². The average molecular weight is 471 g/mol. The number of sulfone groups is 1. The van der Waals surface area contributed by atoms with Crippen LogP contribution in [-0.2, 0) is 30.8 Å². The van der Waals surface area contributed by atoms with Gasteiger partial charge in [0.1, 0.15) is 11.6 Å². The highest BCUT2D eigenvalue weighted by atomic mass is 35.5. The van der Waals surface area contributed by atoms with Gasteiger partial charge >= 0.3 is 0 Å². The average Bonchev–Trinajstić information content (AvgIpc) is 3.13. The van der Waals surface area contributed by atoms with Gasteiger partial charge in [-0.3, -0.25) is 14.5 Å². The van der Waals surface area contributed by atoms with Gasteiger partial charge in [-0.1, -0.05) is 41.9 Å². The molecule has 1 atom stereocenters. The van der Waals surface area contributed by atoms with Crippen LogP contribution in [0.4, 0.5) is 15.8 Å². The van der Waals surface area contributed by atoms with E-state index in [1.807, 2.05) is 0 Å². The van der Waals surface area contributed by atoms with Gasteiger partial charge in [-0.2, -0.15) is 0 Å². The summed E-state index contributed by atoms with van der Waals surface area (Å²) in [6.45, 7) is 0.0930. The molecule has 0 N–H and O–H groups in total. The van der Waals surface area contributed by atoms with Gasteiger partial charge in [-0.15, -0.1) is 0 Å². The van der Waals surface area contributed by atoms with E-state index in [-0.39, 0.29) is 17.8 Å². The van der Waals surface area contributed by atoms with Crippen LogP contribution in [0.5, 0.6) is 0 Å². The van der Waals surface area contributed by atoms with Crippen LogP contribution >= 0.6 is 11.6 Å². The third-order valence-corrected chi connectivity index (χ3v) is 8.12. The Morgan fingerprint density at radius 2 is 1.59 bits per heavy atom. The highest BCUT2D eigenvalue weighted by molar-refractivity contribution is 7.94. The van der Waals surface area contributed by atoms with E-state index in [1.54, 1.807) is 48.5 Å². The van der Waals surface area contributed by atoms with Crippen molar-refractivity contribution in [3.8, 4) is 0 Å². The first-order valence-electron chi connectivity index (χ1n) is 9.72. The molecule has 0 radical (unpaired) electrons. The Kier molecular flexibility index (Phi) is 4.61. The molecule has 9 heteroatoms. The lowest BCUT2D eigenvalue weighted by molar-refractivity contribution is -0.123. The number of fused-ring (bicyclic) bond motifs is 2. The first-order chi connectivity index (χ1) is 15.3. The zero-order valence-electron chi connectivity index (χ0n) is 16.5. The monoisotopic (exact) mass is 470 g/mol. The molecule has 2 heterocycles. The zero-order valence-corrected chi connectivity index (χ0v) is 18.1. The number of benzene rings is 3. The summed E-state index contributed by atoms with van der Waals surface area (Å²) in [7, 11) is -4.27. The summed E-state index contributed by atoms with van der Waals surface area (Å²) in [5, 5.41) is 0.532. The molecule has 2 aliphatic heterocycles. The van der Waals surface area contributed by atoms with Gasteiger partial charge in [0, 0.05) is 16.3 Å². The maximum absolute atomic E-state index is 13.9. The summed E-state index contributed by atoms with van der Waals surface area (Å²) >= 11 is 5.96. The summed E-state index contributed by atoms with van der Waals surface area (Å²) in [6, 6.07) is 18.2. The van der Waals surface area contributed by atoms with Crippen LogP contribution in [-0.4, -0.2) is 26.0 Å². The molecule has 2 amide bonds. The number of carbonyl (C=O) groups is 2. The van der Waals surface area contributed by atoms with Gasteiger partial charge in [0.15, 0.2) is 9.84 Å². The molecule has 0 bridgehead atoms. The smallest absolute Gasteiger partial charge is 0.274 e. The number of nitrogens with zero attached hydrogens (tertiary/aromatic N) is 2. The Hall–Kier alpha value is -3.23.